The zero-order valence-corrected chi connectivity index (χ0v) is 14.4. The Morgan fingerprint density at radius 3 is 1.20 bits per heavy atom. The number of rotatable bonds is 9. The summed E-state index contributed by atoms with van der Waals surface area (Å²) in [4.78, 5) is 0. The molecule has 0 amide bonds. The molecule has 0 radical (unpaired) electrons. The molecule has 0 saturated carbocycles. The van der Waals surface area contributed by atoms with Crippen molar-refractivity contribution in [1.29, 1.82) is 0 Å². The van der Waals surface area contributed by atoms with Gasteiger partial charge >= 0.3 is 28.2 Å². The van der Waals surface area contributed by atoms with Crippen molar-refractivity contribution in [3.63, 3.8) is 0 Å². The predicted octanol–water partition coefficient (Wildman–Crippen LogP) is 5.56. The molecule has 0 atom stereocenters. The normalized spacial score (nSPS) is 10.1. The molecular formula is C12H27ClPPt. The van der Waals surface area contributed by atoms with E-state index in [9.17, 15) is 0 Å². The Morgan fingerprint density at radius 1 is 0.733 bits per heavy atom. The third-order valence-corrected chi connectivity index (χ3v) is 5.33. The Hall–Kier alpha value is 1.41. The van der Waals surface area contributed by atoms with Crippen LogP contribution < -0.4 is 0 Å². The first-order valence-electron chi connectivity index (χ1n) is 6.19. The van der Waals surface area contributed by atoms with Gasteiger partial charge < -0.3 is 0 Å². The van der Waals surface area contributed by atoms with Crippen LogP contribution in [0.25, 0.3) is 0 Å². The van der Waals surface area contributed by atoms with Crippen molar-refractivity contribution in [3.8, 4) is 0 Å². The van der Waals surface area contributed by atoms with E-state index in [1.165, 1.54) is 38.5 Å². The maximum absolute atomic E-state index is 4.61. The Bertz CT molecular complexity index is 82.6. The molecule has 0 heterocycles. The van der Waals surface area contributed by atoms with E-state index in [-0.39, 0.29) is 0 Å². The fraction of sp³-hybridized carbons (Fsp3) is 1.00. The summed E-state index contributed by atoms with van der Waals surface area (Å²) in [5.41, 5.74) is 0. The van der Waals surface area contributed by atoms with E-state index in [4.69, 9.17) is 0 Å². The summed E-state index contributed by atoms with van der Waals surface area (Å²) in [6, 6.07) is 0. The molecule has 0 bridgehead atoms. The molecule has 0 rings (SSSR count). The number of hydrogen-bond acceptors (Lipinski definition) is 0. The molecule has 0 aliphatic rings. The van der Waals surface area contributed by atoms with Crippen LogP contribution in [0.15, 0.2) is 0 Å². The second-order valence-corrected chi connectivity index (χ2v) is 6.59. The first-order chi connectivity index (χ1) is 7.35. The van der Waals surface area contributed by atoms with Crippen molar-refractivity contribution in [3.05, 3.63) is 0 Å². The molecule has 0 aliphatic heterocycles. The van der Waals surface area contributed by atoms with Gasteiger partial charge in [-0.2, -0.15) is 0 Å². The van der Waals surface area contributed by atoms with Gasteiger partial charge in [-0.3, -0.25) is 0 Å². The molecule has 0 spiro atoms. The van der Waals surface area contributed by atoms with Crippen LogP contribution in [0.3, 0.4) is 0 Å². The molecule has 0 nitrogen and oxygen atoms in total. The van der Waals surface area contributed by atoms with E-state index >= 15 is 0 Å². The Balaban J connectivity index is 0. The van der Waals surface area contributed by atoms with E-state index in [0.717, 1.165) is 0 Å². The van der Waals surface area contributed by atoms with Crippen LogP contribution in [0.4, 0.5) is 0 Å². The molecule has 15 heavy (non-hydrogen) atoms. The summed E-state index contributed by atoms with van der Waals surface area (Å²) in [5.74, 6) is 0. The molecule has 0 aromatic carbocycles. The first-order valence-corrected chi connectivity index (χ1v) is 10.9. The minimum absolute atomic E-state index is 0.422. The summed E-state index contributed by atoms with van der Waals surface area (Å²) in [7, 11) is 5.03. The van der Waals surface area contributed by atoms with Crippen molar-refractivity contribution in [1.82, 2.24) is 0 Å². The molecule has 0 unspecified atom stereocenters. The van der Waals surface area contributed by atoms with Crippen LogP contribution in [0.1, 0.15) is 59.3 Å². The molecule has 0 N–H and O–H groups in total. The van der Waals surface area contributed by atoms with Gasteiger partial charge in [0.2, 0.25) is 0 Å². The topological polar surface area (TPSA) is 0 Å². The van der Waals surface area contributed by atoms with E-state index < -0.39 is 0 Å². The van der Waals surface area contributed by atoms with Crippen LogP contribution in [-0.2, 0) is 18.8 Å². The average Bonchev–Trinajstić information content (AvgIpc) is 2.31. The third kappa shape index (κ3) is 15.4. The van der Waals surface area contributed by atoms with E-state index in [2.05, 4.69) is 30.2 Å². The molecule has 0 saturated heterocycles. The summed E-state index contributed by atoms with van der Waals surface area (Å²) in [6.45, 7) is 6.94. The average molecular weight is 433 g/mol. The van der Waals surface area contributed by atoms with Crippen LogP contribution in [-0.4, -0.2) is 18.5 Å². The molecule has 97 valence electrons. The third-order valence-electron chi connectivity index (χ3n) is 2.48. The zero-order chi connectivity index (χ0) is 11.9. The van der Waals surface area contributed by atoms with Crippen molar-refractivity contribution >= 4 is 17.3 Å². The standard InChI is InChI=1S/C12H27P.ClH.Pt/c1-4-7-10-13(11-8-5-2)12-9-6-3;;/h4-12H2,1-3H3;1H;/q;;+1/p-1. The van der Waals surface area contributed by atoms with Gasteiger partial charge in [0.05, 0.1) is 0 Å². The number of halogens is 1. The number of hydrogen-bond donors (Lipinski definition) is 0. The van der Waals surface area contributed by atoms with Gasteiger partial charge in [0.25, 0.3) is 0 Å². The molecule has 3 heteroatoms. The van der Waals surface area contributed by atoms with Gasteiger partial charge in [-0.05, 0) is 37.7 Å². The Kier molecular flexibility index (Phi) is 22.3. The molecule has 0 aromatic rings. The van der Waals surface area contributed by atoms with Crippen LogP contribution in [0.2, 0.25) is 0 Å². The Labute approximate surface area is 114 Å². The quantitative estimate of drug-likeness (QED) is 0.419. The van der Waals surface area contributed by atoms with Crippen LogP contribution in [0.5, 0.6) is 0 Å². The maximum atomic E-state index is 4.61. The van der Waals surface area contributed by atoms with Crippen molar-refractivity contribution < 1.29 is 18.8 Å². The van der Waals surface area contributed by atoms with Gasteiger partial charge in [0, 0.05) is 0 Å². The van der Waals surface area contributed by atoms with Crippen molar-refractivity contribution in [2.45, 2.75) is 59.3 Å². The first kappa shape index (κ1) is 18.8. The summed E-state index contributed by atoms with van der Waals surface area (Å²) >= 11 is 1.61. The minimum atomic E-state index is 0.422. The Morgan fingerprint density at radius 2 is 1.00 bits per heavy atom. The number of unbranched alkanes of at least 4 members (excludes halogenated alkanes) is 3. The molecule has 0 fully saturated rings. The predicted molar refractivity (Wildman–Crippen MR) is 72.1 cm³/mol. The summed E-state index contributed by atoms with van der Waals surface area (Å²) in [6.07, 6.45) is 13.2. The SMILES string of the molecule is CCCCP(CCCC)CCCC.[Cl][Pt]. The molecule has 0 aliphatic carbocycles. The molecular weight excluding hydrogens is 406 g/mol. The fourth-order valence-electron chi connectivity index (χ4n) is 1.48. The zero-order valence-electron chi connectivity index (χ0n) is 10.5. The van der Waals surface area contributed by atoms with E-state index in [1.807, 2.05) is 0 Å². The van der Waals surface area contributed by atoms with Crippen molar-refractivity contribution in [2.75, 3.05) is 18.5 Å². The van der Waals surface area contributed by atoms with E-state index in [1.54, 1.807) is 37.3 Å². The fourth-order valence-corrected chi connectivity index (χ4v) is 4.44. The van der Waals surface area contributed by atoms with Crippen molar-refractivity contribution in [2.24, 2.45) is 0 Å². The second kappa shape index (κ2) is 17.8. The van der Waals surface area contributed by atoms with Crippen LogP contribution >= 0.6 is 17.3 Å². The van der Waals surface area contributed by atoms with Gasteiger partial charge in [-0.15, -0.1) is 7.92 Å². The summed E-state index contributed by atoms with van der Waals surface area (Å²) in [5, 5.41) is 0. The molecule has 0 aromatic heterocycles. The van der Waals surface area contributed by atoms with Gasteiger partial charge in [0.15, 0.2) is 0 Å². The van der Waals surface area contributed by atoms with Gasteiger partial charge in [-0.1, -0.05) is 40.0 Å². The monoisotopic (exact) mass is 432 g/mol. The van der Waals surface area contributed by atoms with Crippen LogP contribution in [0, 0.1) is 0 Å². The second-order valence-electron chi connectivity index (χ2n) is 3.90. The van der Waals surface area contributed by atoms with Gasteiger partial charge in [-0.25, -0.2) is 0 Å². The van der Waals surface area contributed by atoms with E-state index in [0.29, 0.717) is 7.92 Å². The van der Waals surface area contributed by atoms with Gasteiger partial charge in [0.1, 0.15) is 0 Å². The summed E-state index contributed by atoms with van der Waals surface area (Å²) < 4.78 is 0.